The average Bonchev–Trinajstić information content (AvgIpc) is 2.58. The number of hydrogen-bond donors (Lipinski definition) is 0. The van der Waals surface area contributed by atoms with Gasteiger partial charge in [-0.25, -0.2) is 4.79 Å². The lowest BCUT2D eigenvalue weighted by molar-refractivity contribution is -0.0375. The molecule has 0 spiro atoms. The molecule has 1 fully saturated rings. The van der Waals surface area contributed by atoms with Gasteiger partial charge in [0.25, 0.3) is 0 Å². The second-order valence-electron chi connectivity index (χ2n) is 5.89. The standard InChI is InChI=1S/C18H20N2O3/c19-8-4-7-15-9-16-12-22-13-17(10-15)20(16)18(21)23-11-14-5-2-1-3-6-14/h1-3,5-6,9,16-17H,4,7,10-13H2. The molecule has 0 N–H and O–H groups in total. The zero-order valence-corrected chi connectivity index (χ0v) is 13.0. The summed E-state index contributed by atoms with van der Waals surface area (Å²) in [5.41, 5.74) is 2.22. The number of fused-ring (bicyclic) bond motifs is 2. The summed E-state index contributed by atoms with van der Waals surface area (Å²) in [5, 5.41) is 8.73. The molecule has 1 amide bonds. The minimum absolute atomic E-state index is 0.00992. The van der Waals surface area contributed by atoms with Gasteiger partial charge in [0.1, 0.15) is 6.61 Å². The van der Waals surface area contributed by atoms with Crippen LogP contribution in [0.1, 0.15) is 24.8 Å². The molecule has 0 radical (unpaired) electrons. The highest BCUT2D eigenvalue weighted by Gasteiger charge is 2.38. The van der Waals surface area contributed by atoms with Gasteiger partial charge in [0.05, 0.1) is 31.4 Å². The van der Waals surface area contributed by atoms with Crippen LogP contribution in [0.15, 0.2) is 42.0 Å². The van der Waals surface area contributed by atoms with E-state index in [0.717, 1.165) is 18.4 Å². The van der Waals surface area contributed by atoms with Crippen molar-refractivity contribution in [2.24, 2.45) is 0 Å². The fraction of sp³-hybridized carbons (Fsp3) is 0.444. The van der Waals surface area contributed by atoms with Crippen LogP contribution < -0.4 is 0 Å². The molecule has 0 aliphatic carbocycles. The van der Waals surface area contributed by atoms with Crippen LogP contribution in [-0.2, 0) is 16.1 Å². The van der Waals surface area contributed by atoms with Crippen LogP contribution in [0.25, 0.3) is 0 Å². The fourth-order valence-electron chi connectivity index (χ4n) is 3.16. The molecule has 5 heteroatoms. The summed E-state index contributed by atoms with van der Waals surface area (Å²) in [6.45, 7) is 1.30. The lowest BCUT2D eigenvalue weighted by atomic mass is 9.92. The lowest BCUT2D eigenvalue weighted by Gasteiger charge is -2.43. The van der Waals surface area contributed by atoms with Crippen LogP contribution in [0.4, 0.5) is 4.79 Å². The molecule has 0 saturated carbocycles. The Labute approximate surface area is 136 Å². The molecule has 2 unspecified atom stereocenters. The van der Waals surface area contributed by atoms with Crippen LogP contribution in [0.2, 0.25) is 0 Å². The largest absolute Gasteiger partial charge is 0.445 e. The third-order valence-electron chi connectivity index (χ3n) is 4.25. The molecule has 2 aliphatic heterocycles. The number of nitrogens with zero attached hydrogens (tertiary/aromatic N) is 2. The van der Waals surface area contributed by atoms with Crippen molar-refractivity contribution in [1.29, 1.82) is 5.26 Å². The molecule has 2 bridgehead atoms. The van der Waals surface area contributed by atoms with Gasteiger partial charge in [0.2, 0.25) is 0 Å². The first-order valence-corrected chi connectivity index (χ1v) is 7.91. The van der Waals surface area contributed by atoms with Crippen molar-refractivity contribution < 1.29 is 14.3 Å². The van der Waals surface area contributed by atoms with E-state index >= 15 is 0 Å². The average molecular weight is 312 g/mol. The minimum Gasteiger partial charge on any atom is -0.445 e. The summed E-state index contributed by atoms with van der Waals surface area (Å²) in [5.74, 6) is 0. The van der Waals surface area contributed by atoms with E-state index in [4.69, 9.17) is 14.7 Å². The highest BCUT2D eigenvalue weighted by Crippen LogP contribution is 2.29. The second kappa shape index (κ2) is 7.30. The summed E-state index contributed by atoms with van der Waals surface area (Å²) in [7, 11) is 0. The normalized spacial score (nSPS) is 22.9. The predicted molar refractivity (Wildman–Crippen MR) is 84.4 cm³/mol. The number of carbonyl (C=O) groups is 1. The molecular weight excluding hydrogens is 292 g/mol. The summed E-state index contributed by atoms with van der Waals surface area (Å²) in [4.78, 5) is 14.3. The van der Waals surface area contributed by atoms with Crippen molar-refractivity contribution in [2.75, 3.05) is 13.2 Å². The number of nitriles is 1. The lowest BCUT2D eigenvalue weighted by Crippen LogP contribution is -2.56. The Hall–Kier alpha value is -2.32. The number of rotatable bonds is 4. The number of morpholine rings is 1. The van der Waals surface area contributed by atoms with Crippen LogP contribution in [0.3, 0.4) is 0 Å². The first-order valence-electron chi connectivity index (χ1n) is 7.91. The number of amides is 1. The molecule has 2 heterocycles. The van der Waals surface area contributed by atoms with E-state index in [1.54, 1.807) is 4.90 Å². The molecule has 2 aliphatic rings. The van der Waals surface area contributed by atoms with Gasteiger partial charge in [-0.3, -0.25) is 4.90 Å². The number of carbonyl (C=O) groups excluding carboxylic acids is 1. The van der Waals surface area contributed by atoms with Crippen molar-refractivity contribution in [1.82, 2.24) is 4.90 Å². The molecule has 2 atom stereocenters. The Kier molecular flexibility index (Phi) is 4.94. The Bertz CT molecular complexity index is 621. The molecule has 5 nitrogen and oxygen atoms in total. The van der Waals surface area contributed by atoms with Crippen molar-refractivity contribution in [3.05, 3.63) is 47.5 Å². The number of ether oxygens (including phenoxy) is 2. The number of hydrogen-bond acceptors (Lipinski definition) is 4. The maximum absolute atomic E-state index is 12.5. The topological polar surface area (TPSA) is 62.6 Å². The molecule has 1 saturated heterocycles. The molecule has 0 aromatic heterocycles. The summed E-state index contributed by atoms with van der Waals surface area (Å²) in [6, 6.07) is 11.8. The van der Waals surface area contributed by atoms with Gasteiger partial charge in [0, 0.05) is 6.42 Å². The van der Waals surface area contributed by atoms with E-state index in [0.29, 0.717) is 19.6 Å². The van der Waals surface area contributed by atoms with Crippen LogP contribution in [-0.4, -0.2) is 36.3 Å². The maximum Gasteiger partial charge on any atom is 0.411 e. The fourth-order valence-corrected chi connectivity index (χ4v) is 3.16. The van der Waals surface area contributed by atoms with Gasteiger partial charge in [-0.2, -0.15) is 5.26 Å². The summed E-state index contributed by atoms with van der Waals surface area (Å²) >= 11 is 0. The van der Waals surface area contributed by atoms with Gasteiger partial charge in [-0.1, -0.05) is 42.0 Å². The Morgan fingerprint density at radius 3 is 2.91 bits per heavy atom. The van der Waals surface area contributed by atoms with Crippen LogP contribution >= 0.6 is 0 Å². The van der Waals surface area contributed by atoms with Gasteiger partial charge in [-0.15, -0.1) is 0 Å². The zero-order chi connectivity index (χ0) is 16.1. The highest BCUT2D eigenvalue weighted by molar-refractivity contribution is 5.69. The first kappa shape index (κ1) is 15.6. The monoisotopic (exact) mass is 312 g/mol. The number of benzene rings is 1. The van der Waals surface area contributed by atoms with Crippen molar-refractivity contribution in [3.8, 4) is 6.07 Å². The quantitative estimate of drug-likeness (QED) is 0.802. The minimum atomic E-state index is -0.289. The van der Waals surface area contributed by atoms with Gasteiger partial charge < -0.3 is 9.47 Å². The van der Waals surface area contributed by atoms with E-state index in [-0.39, 0.29) is 24.8 Å². The molecular formula is C18H20N2O3. The molecule has 3 rings (SSSR count). The van der Waals surface area contributed by atoms with Crippen molar-refractivity contribution in [3.63, 3.8) is 0 Å². The van der Waals surface area contributed by atoms with Crippen molar-refractivity contribution >= 4 is 6.09 Å². The third-order valence-corrected chi connectivity index (χ3v) is 4.25. The maximum atomic E-state index is 12.5. The molecule has 120 valence electrons. The van der Waals surface area contributed by atoms with E-state index in [2.05, 4.69) is 12.1 Å². The third kappa shape index (κ3) is 3.72. The van der Waals surface area contributed by atoms with Gasteiger partial charge >= 0.3 is 6.09 Å². The SMILES string of the molecule is N#CCCC1=CC2COCC(C1)N2C(=O)OCc1ccccc1. The molecule has 23 heavy (non-hydrogen) atoms. The Morgan fingerprint density at radius 1 is 1.35 bits per heavy atom. The Balaban J connectivity index is 1.64. The van der Waals surface area contributed by atoms with E-state index in [9.17, 15) is 4.79 Å². The smallest absolute Gasteiger partial charge is 0.411 e. The second-order valence-corrected chi connectivity index (χ2v) is 5.89. The van der Waals surface area contributed by atoms with E-state index < -0.39 is 0 Å². The summed E-state index contributed by atoms with van der Waals surface area (Å²) in [6.07, 6.45) is 3.83. The molecule has 1 aromatic carbocycles. The van der Waals surface area contributed by atoms with Gasteiger partial charge in [-0.05, 0) is 18.4 Å². The van der Waals surface area contributed by atoms with Crippen molar-refractivity contribution in [2.45, 2.75) is 38.0 Å². The van der Waals surface area contributed by atoms with Gasteiger partial charge in [0.15, 0.2) is 0 Å². The van der Waals surface area contributed by atoms with E-state index in [1.165, 1.54) is 5.57 Å². The highest BCUT2D eigenvalue weighted by atomic mass is 16.6. The Morgan fingerprint density at radius 2 is 2.17 bits per heavy atom. The summed E-state index contributed by atoms with van der Waals surface area (Å²) < 4.78 is 11.0. The molecule has 1 aromatic rings. The van der Waals surface area contributed by atoms with Crippen LogP contribution in [0, 0.1) is 11.3 Å². The zero-order valence-electron chi connectivity index (χ0n) is 13.0. The predicted octanol–water partition coefficient (Wildman–Crippen LogP) is 3.03. The first-order chi connectivity index (χ1) is 11.3. The van der Waals surface area contributed by atoms with Crippen LogP contribution in [0.5, 0.6) is 0 Å². The van der Waals surface area contributed by atoms with E-state index in [1.807, 2.05) is 30.3 Å².